The number of rotatable bonds is 1. The number of furan rings is 1. The van der Waals surface area contributed by atoms with Gasteiger partial charge in [0.25, 0.3) is 0 Å². The highest BCUT2D eigenvalue weighted by molar-refractivity contribution is 5.64. The topological polar surface area (TPSA) is 45.4 Å². The Kier molecular flexibility index (Phi) is 2.04. The number of halogens is 3. The van der Waals surface area contributed by atoms with Gasteiger partial charge in [0.1, 0.15) is 5.76 Å². The van der Waals surface area contributed by atoms with E-state index in [9.17, 15) is 18.3 Å². The molecule has 0 radical (unpaired) electrons. The Morgan fingerprint density at radius 1 is 1.47 bits per heavy atom. The van der Waals surface area contributed by atoms with E-state index >= 15 is 0 Å². The molecular weight excluding hydrogens is 211 g/mol. The fourth-order valence-electron chi connectivity index (χ4n) is 1.39. The minimum absolute atomic E-state index is 0.292. The van der Waals surface area contributed by atoms with Gasteiger partial charge in [0.05, 0.1) is 6.26 Å². The lowest BCUT2D eigenvalue weighted by atomic mass is 10.1. The summed E-state index contributed by atoms with van der Waals surface area (Å²) in [5, 5.41) is 11.2. The van der Waals surface area contributed by atoms with Crippen LogP contribution in [0.25, 0.3) is 5.57 Å². The first-order valence-corrected chi connectivity index (χ1v) is 4.22. The van der Waals surface area contributed by atoms with Crippen LogP contribution in [-0.4, -0.2) is 17.0 Å². The molecular formula is C9H8F3NO2. The number of aliphatic hydroxyl groups is 1. The molecule has 0 bridgehead atoms. The second-order valence-electron chi connectivity index (χ2n) is 3.33. The Balaban J connectivity index is 2.18. The number of alkyl halides is 3. The molecule has 0 spiro atoms. The molecule has 0 aliphatic carbocycles. The Labute approximate surface area is 83.2 Å². The molecule has 2 heterocycles. The molecule has 15 heavy (non-hydrogen) atoms. The van der Waals surface area contributed by atoms with Crippen LogP contribution in [0.1, 0.15) is 12.2 Å². The van der Waals surface area contributed by atoms with Crippen molar-refractivity contribution >= 4 is 5.57 Å². The number of nitrogens with one attached hydrogen (secondary N) is 1. The molecule has 1 aliphatic heterocycles. The van der Waals surface area contributed by atoms with Gasteiger partial charge in [-0.2, -0.15) is 13.2 Å². The number of hydrogen-bond donors (Lipinski definition) is 2. The van der Waals surface area contributed by atoms with Crippen LogP contribution in [0.4, 0.5) is 13.2 Å². The van der Waals surface area contributed by atoms with Crippen molar-refractivity contribution in [2.45, 2.75) is 18.3 Å². The van der Waals surface area contributed by atoms with Crippen LogP contribution in [0.3, 0.4) is 0 Å². The van der Waals surface area contributed by atoms with Crippen molar-refractivity contribution in [3.63, 3.8) is 0 Å². The summed E-state index contributed by atoms with van der Waals surface area (Å²) in [4.78, 5) is 0. The zero-order valence-electron chi connectivity index (χ0n) is 7.51. The molecule has 3 nitrogen and oxygen atoms in total. The van der Waals surface area contributed by atoms with Crippen LogP contribution in [0.15, 0.2) is 29.0 Å². The van der Waals surface area contributed by atoms with Gasteiger partial charge in [-0.25, -0.2) is 0 Å². The highest BCUT2D eigenvalue weighted by Gasteiger charge is 2.56. The summed E-state index contributed by atoms with van der Waals surface area (Å²) in [5.74, 6) is 0.322. The molecule has 1 aliphatic rings. The molecule has 0 saturated carbocycles. The van der Waals surface area contributed by atoms with Crippen molar-refractivity contribution in [1.29, 1.82) is 0 Å². The van der Waals surface area contributed by atoms with E-state index in [1.165, 1.54) is 12.3 Å². The lowest BCUT2D eigenvalue weighted by molar-refractivity contribution is -0.263. The quantitative estimate of drug-likeness (QED) is 0.757. The van der Waals surface area contributed by atoms with Crippen molar-refractivity contribution in [2.75, 3.05) is 0 Å². The third-order valence-corrected chi connectivity index (χ3v) is 2.24. The van der Waals surface area contributed by atoms with Crippen molar-refractivity contribution in [1.82, 2.24) is 5.32 Å². The van der Waals surface area contributed by atoms with Crippen LogP contribution < -0.4 is 5.32 Å². The highest BCUT2D eigenvalue weighted by Crippen LogP contribution is 2.39. The minimum Gasteiger partial charge on any atom is -0.465 e. The fraction of sp³-hybridized carbons (Fsp3) is 0.333. The Morgan fingerprint density at radius 2 is 2.20 bits per heavy atom. The van der Waals surface area contributed by atoms with Crippen LogP contribution in [-0.2, 0) is 0 Å². The largest absolute Gasteiger partial charge is 0.465 e. The van der Waals surface area contributed by atoms with Crippen LogP contribution in [0, 0.1) is 0 Å². The molecule has 1 atom stereocenters. The summed E-state index contributed by atoms with van der Waals surface area (Å²) in [6.07, 6.45) is -2.78. The standard InChI is InChI=1S/C9H8F3NO2/c10-9(11,12)8(14)4-6(5-13-8)7-2-1-3-15-7/h1-3,5,13-14H,4H2. The first kappa shape index (κ1) is 10.1. The highest BCUT2D eigenvalue weighted by atomic mass is 19.4. The molecule has 2 N–H and O–H groups in total. The van der Waals surface area contributed by atoms with Crippen molar-refractivity contribution < 1.29 is 22.7 Å². The van der Waals surface area contributed by atoms with E-state index in [2.05, 4.69) is 0 Å². The van der Waals surface area contributed by atoms with Gasteiger partial charge in [-0.1, -0.05) is 0 Å². The van der Waals surface area contributed by atoms with Gasteiger partial charge in [0.15, 0.2) is 0 Å². The van der Waals surface area contributed by atoms with E-state index in [0.717, 1.165) is 6.20 Å². The summed E-state index contributed by atoms with van der Waals surface area (Å²) < 4.78 is 42.1. The van der Waals surface area contributed by atoms with Gasteiger partial charge in [0, 0.05) is 18.2 Å². The molecule has 0 fully saturated rings. The zero-order chi connectivity index (χ0) is 11.1. The maximum Gasteiger partial charge on any atom is 0.436 e. The zero-order valence-corrected chi connectivity index (χ0v) is 7.51. The minimum atomic E-state index is -4.71. The predicted octanol–water partition coefficient (Wildman–Crippen LogP) is 1.86. The van der Waals surface area contributed by atoms with E-state index in [1.807, 2.05) is 5.32 Å². The molecule has 6 heteroatoms. The molecule has 0 amide bonds. The third kappa shape index (κ3) is 1.61. The summed E-state index contributed by atoms with van der Waals surface area (Å²) >= 11 is 0. The van der Waals surface area contributed by atoms with Gasteiger partial charge in [0.2, 0.25) is 5.72 Å². The Morgan fingerprint density at radius 3 is 2.67 bits per heavy atom. The fourth-order valence-corrected chi connectivity index (χ4v) is 1.39. The van der Waals surface area contributed by atoms with E-state index < -0.39 is 18.3 Å². The van der Waals surface area contributed by atoms with Crippen molar-refractivity contribution in [2.24, 2.45) is 0 Å². The van der Waals surface area contributed by atoms with Crippen LogP contribution >= 0.6 is 0 Å². The monoisotopic (exact) mass is 219 g/mol. The van der Waals surface area contributed by atoms with Gasteiger partial charge in [-0.15, -0.1) is 0 Å². The second-order valence-corrected chi connectivity index (χ2v) is 3.33. The van der Waals surface area contributed by atoms with Gasteiger partial charge >= 0.3 is 6.18 Å². The third-order valence-electron chi connectivity index (χ3n) is 2.24. The molecule has 82 valence electrons. The van der Waals surface area contributed by atoms with Gasteiger partial charge < -0.3 is 14.8 Å². The first-order valence-electron chi connectivity index (χ1n) is 4.22. The molecule has 0 saturated heterocycles. The van der Waals surface area contributed by atoms with Crippen LogP contribution in [0.2, 0.25) is 0 Å². The Hall–Kier alpha value is -1.43. The predicted molar refractivity (Wildman–Crippen MR) is 45.4 cm³/mol. The smallest absolute Gasteiger partial charge is 0.436 e. The second kappa shape index (κ2) is 3.03. The maximum atomic E-state index is 12.4. The Bertz CT molecular complexity index is 383. The van der Waals surface area contributed by atoms with Gasteiger partial charge in [-0.3, -0.25) is 0 Å². The maximum absolute atomic E-state index is 12.4. The van der Waals surface area contributed by atoms with E-state index in [1.54, 1.807) is 6.07 Å². The average molecular weight is 219 g/mol. The molecule has 1 aromatic rings. The van der Waals surface area contributed by atoms with E-state index in [-0.39, 0.29) is 0 Å². The normalized spacial score (nSPS) is 26.3. The molecule has 1 unspecified atom stereocenters. The lowest BCUT2D eigenvalue weighted by Gasteiger charge is -2.26. The van der Waals surface area contributed by atoms with Crippen molar-refractivity contribution in [3.05, 3.63) is 30.4 Å². The average Bonchev–Trinajstić information content (AvgIpc) is 2.70. The number of hydrogen-bond acceptors (Lipinski definition) is 3. The molecule has 0 aromatic carbocycles. The van der Waals surface area contributed by atoms with Gasteiger partial charge in [-0.05, 0) is 12.1 Å². The van der Waals surface area contributed by atoms with E-state index in [0.29, 0.717) is 11.3 Å². The summed E-state index contributed by atoms with van der Waals surface area (Å²) in [7, 11) is 0. The lowest BCUT2D eigenvalue weighted by Crippen LogP contribution is -2.52. The summed E-state index contributed by atoms with van der Waals surface area (Å²) in [6, 6.07) is 3.11. The van der Waals surface area contributed by atoms with Crippen molar-refractivity contribution in [3.8, 4) is 0 Å². The van der Waals surface area contributed by atoms with E-state index in [4.69, 9.17) is 4.42 Å². The first-order chi connectivity index (χ1) is 6.92. The SMILES string of the molecule is OC1(C(F)(F)F)CC(c2ccco2)=CN1. The molecule has 2 rings (SSSR count). The molecule has 1 aromatic heterocycles. The summed E-state index contributed by atoms with van der Waals surface area (Å²) in [5.41, 5.74) is -2.59. The summed E-state index contributed by atoms with van der Waals surface area (Å²) in [6.45, 7) is 0. The van der Waals surface area contributed by atoms with Crippen LogP contribution in [0.5, 0.6) is 0 Å².